The van der Waals surface area contributed by atoms with Crippen LogP contribution in [-0.4, -0.2) is 24.9 Å². The van der Waals surface area contributed by atoms with E-state index in [1.807, 2.05) is 0 Å². The molecule has 8 heteroatoms. The fourth-order valence-electron chi connectivity index (χ4n) is 1.75. The van der Waals surface area contributed by atoms with E-state index in [1.54, 1.807) is 31.2 Å². The molecule has 110 valence electrons. The van der Waals surface area contributed by atoms with Gasteiger partial charge in [-0.15, -0.1) is 23.2 Å². The number of sulfonamides is 1. The first-order valence-corrected chi connectivity index (χ1v) is 8.45. The molecule has 1 unspecified atom stereocenters. The zero-order valence-corrected chi connectivity index (χ0v) is 13.2. The second-order valence-electron chi connectivity index (χ2n) is 5.12. The van der Waals surface area contributed by atoms with E-state index in [4.69, 9.17) is 23.2 Å². The summed E-state index contributed by atoms with van der Waals surface area (Å²) in [6, 6.07) is 6.31. The third-order valence-electron chi connectivity index (χ3n) is 3.21. The molecule has 1 aromatic rings. The average molecular weight is 337 g/mol. The molecule has 20 heavy (non-hydrogen) atoms. The van der Waals surface area contributed by atoms with Crippen molar-refractivity contribution in [2.75, 3.05) is 16.3 Å². The fraction of sp³-hybridized carbons (Fsp3) is 0.417. The van der Waals surface area contributed by atoms with Gasteiger partial charge in [0.05, 0.1) is 11.7 Å². The zero-order valence-electron chi connectivity index (χ0n) is 10.9. The molecule has 1 fully saturated rings. The molecule has 1 aliphatic rings. The van der Waals surface area contributed by atoms with Gasteiger partial charge in [-0.3, -0.25) is 9.52 Å². The predicted octanol–water partition coefficient (Wildman–Crippen LogP) is 2.58. The Kier molecular flexibility index (Phi) is 3.69. The van der Waals surface area contributed by atoms with Crippen LogP contribution in [0.4, 0.5) is 11.4 Å². The summed E-state index contributed by atoms with van der Waals surface area (Å²) in [4.78, 5) is 12.0. The van der Waals surface area contributed by atoms with E-state index < -0.39 is 19.8 Å². The lowest BCUT2D eigenvalue weighted by Crippen LogP contribution is -2.25. The van der Waals surface area contributed by atoms with Gasteiger partial charge in [0.15, 0.2) is 0 Å². The van der Waals surface area contributed by atoms with Crippen molar-refractivity contribution in [3.05, 3.63) is 24.3 Å². The van der Waals surface area contributed by atoms with E-state index >= 15 is 0 Å². The van der Waals surface area contributed by atoms with Crippen molar-refractivity contribution < 1.29 is 13.2 Å². The predicted molar refractivity (Wildman–Crippen MR) is 80.7 cm³/mol. The van der Waals surface area contributed by atoms with Crippen molar-refractivity contribution in [1.82, 2.24) is 0 Å². The molecule has 0 heterocycles. The molecule has 0 spiro atoms. The molecule has 0 radical (unpaired) electrons. The molecule has 2 N–H and O–H groups in total. The van der Waals surface area contributed by atoms with Crippen LogP contribution in [0.15, 0.2) is 24.3 Å². The van der Waals surface area contributed by atoms with Crippen LogP contribution < -0.4 is 10.0 Å². The molecule has 1 atom stereocenters. The number of rotatable bonds is 4. The van der Waals surface area contributed by atoms with Gasteiger partial charge in [0, 0.05) is 11.4 Å². The SMILES string of the molecule is CC1(C(=O)Nc2ccc(NS(C)(=O)=O)cc2)CC1(Cl)Cl. The van der Waals surface area contributed by atoms with E-state index in [0.717, 1.165) is 6.26 Å². The van der Waals surface area contributed by atoms with Gasteiger partial charge in [-0.25, -0.2) is 8.42 Å². The highest BCUT2D eigenvalue weighted by Crippen LogP contribution is 2.64. The van der Waals surface area contributed by atoms with Crippen molar-refractivity contribution in [2.45, 2.75) is 17.7 Å². The van der Waals surface area contributed by atoms with Crippen LogP contribution >= 0.6 is 23.2 Å². The molecule has 5 nitrogen and oxygen atoms in total. The third-order valence-corrected chi connectivity index (χ3v) is 4.91. The second-order valence-corrected chi connectivity index (χ2v) is 8.35. The largest absolute Gasteiger partial charge is 0.326 e. The summed E-state index contributed by atoms with van der Waals surface area (Å²) in [5.41, 5.74) is 0.179. The first kappa shape index (κ1) is 15.4. The number of carbonyl (C=O) groups excluding carboxylic acids is 1. The van der Waals surface area contributed by atoms with E-state index in [-0.39, 0.29) is 5.91 Å². The Hall–Kier alpha value is -0.980. The summed E-state index contributed by atoms with van der Waals surface area (Å²) < 4.78 is 23.4. The maximum atomic E-state index is 12.0. The van der Waals surface area contributed by atoms with Crippen molar-refractivity contribution in [3.8, 4) is 0 Å². The minimum Gasteiger partial charge on any atom is -0.326 e. The molecule has 2 rings (SSSR count). The quantitative estimate of drug-likeness (QED) is 0.829. The van der Waals surface area contributed by atoms with Crippen LogP contribution in [0.1, 0.15) is 13.3 Å². The van der Waals surface area contributed by atoms with Crippen LogP contribution in [0.5, 0.6) is 0 Å². The lowest BCUT2D eigenvalue weighted by molar-refractivity contribution is -0.120. The van der Waals surface area contributed by atoms with Crippen molar-refractivity contribution in [2.24, 2.45) is 5.41 Å². The van der Waals surface area contributed by atoms with Crippen LogP contribution in [-0.2, 0) is 14.8 Å². The van der Waals surface area contributed by atoms with Gasteiger partial charge >= 0.3 is 0 Å². The highest BCUT2D eigenvalue weighted by atomic mass is 35.5. The number of hydrogen-bond acceptors (Lipinski definition) is 3. The summed E-state index contributed by atoms with van der Waals surface area (Å²) in [6.07, 6.45) is 1.47. The molecule has 0 aromatic heterocycles. The monoisotopic (exact) mass is 336 g/mol. The first-order valence-electron chi connectivity index (χ1n) is 5.81. The molecular weight excluding hydrogens is 323 g/mol. The van der Waals surface area contributed by atoms with E-state index in [1.165, 1.54) is 0 Å². The molecule has 1 aromatic carbocycles. The van der Waals surface area contributed by atoms with Gasteiger partial charge in [-0.05, 0) is 37.6 Å². The van der Waals surface area contributed by atoms with Crippen LogP contribution in [0.3, 0.4) is 0 Å². The van der Waals surface area contributed by atoms with Gasteiger partial charge in [0.1, 0.15) is 4.33 Å². The topological polar surface area (TPSA) is 75.3 Å². The molecule has 1 aliphatic carbocycles. The summed E-state index contributed by atoms with van der Waals surface area (Å²) in [5, 5.41) is 2.70. The minimum absolute atomic E-state index is 0.258. The van der Waals surface area contributed by atoms with Crippen molar-refractivity contribution >= 4 is 50.5 Å². The van der Waals surface area contributed by atoms with Crippen molar-refractivity contribution in [1.29, 1.82) is 0 Å². The van der Waals surface area contributed by atoms with Gasteiger partial charge in [0.2, 0.25) is 15.9 Å². The number of halogens is 2. The van der Waals surface area contributed by atoms with Gasteiger partial charge in [-0.1, -0.05) is 0 Å². The van der Waals surface area contributed by atoms with E-state index in [2.05, 4.69) is 10.0 Å². The van der Waals surface area contributed by atoms with E-state index in [9.17, 15) is 13.2 Å². The molecule has 0 aliphatic heterocycles. The second kappa shape index (κ2) is 4.79. The highest BCUT2D eigenvalue weighted by Gasteiger charge is 2.67. The molecule has 1 amide bonds. The number of hydrogen-bond donors (Lipinski definition) is 2. The van der Waals surface area contributed by atoms with Gasteiger partial charge in [-0.2, -0.15) is 0 Å². The van der Waals surface area contributed by atoms with Gasteiger partial charge < -0.3 is 5.32 Å². The Labute approximate surface area is 127 Å². The summed E-state index contributed by atoms with van der Waals surface area (Å²) >= 11 is 11.9. The molecule has 0 bridgehead atoms. The highest BCUT2D eigenvalue weighted by molar-refractivity contribution is 7.92. The van der Waals surface area contributed by atoms with Crippen molar-refractivity contribution in [3.63, 3.8) is 0 Å². The first-order chi connectivity index (χ1) is 9.03. The smallest absolute Gasteiger partial charge is 0.233 e. The molecule has 1 saturated carbocycles. The Morgan fingerprint density at radius 3 is 2.05 bits per heavy atom. The number of carbonyl (C=O) groups is 1. The maximum absolute atomic E-state index is 12.0. The Balaban J connectivity index is 2.03. The summed E-state index contributed by atoms with van der Waals surface area (Å²) in [5.74, 6) is -0.258. The summed E-state index contributed by atoms with van der Waals surface area (Å²) in [7, 11) is -3.31. The van der Waals surface area contributed by atoms with Crippen LogP contribution in [0.25, 0.3) is 0 Å². The number of benzene rings is 1. The Morgan fingerprint density at radius 2 is 1.65 bits per heavy atom. The lowest BCUT2D eigenvalue weighted by atomic mass is 10.1. The number of alkyl halides is 2. The molecular formula is C12H14Cl2N2O3S. The minimum atomic E-state index is -3.31. The normalized spacial score (nSPS) is 24.0. The standard InChI is InChI=1S/C12H14Cl2N2O3S/c1-11(7-12(11,13)14)10(17)15-8-3-5-9(6-4-8)16-20(2,18)19/h3-6,16H,7H2,1-2H3,(H,15,17). The number of anilines is 2. The Bertz CT molecular complexity index is 643. The van der Waals surface area contributed by atoms with E-state index in [0.29, 0.717) is 17.8 Å². The Morgan fingerprint density at radius 1 is 1.20 bits per heavy atom. The third kappa shape index (κ3) is 3.19. The van der Waals surface area contributed by atoms with Gasteiger partial charge in [0.25, 0.3) is 0 Å². The average Bonchev–Trinajstić information content (AvgIpc) is 2.80. The lowest BCUT2D eigenvalue weighted by Gasteiger charge is -2.13. The summed E-state index contributed by atoms with van der Waals surface area (Å²) in [6.45, 7) is 1.70. The van der Waals surface area contributed by atoms with Crippen LogP contribution in [0.2, 0.25) is 0 Å². The number of amides is 1. The fourth-order valence-corrected chi connectivity index (χ4v) is 3.02. The number of nitrogens with one attached hydrogen (secondary N) is 2. The zero-order chi connectivity index (χ0) is 15.2. The maximum Gasteiger partial charge on any atom is 0.233 e. The molecule has 0 saturated heterocycles. The van der Waals surface area contributed by atoms with Crippen LogP contribution in [0, 0.1) is 5.41 Å².